The maximum atomic E-state index is 13.2. The molecule has 1 aromatic heterocycles. The van der Waals surface area contributed by atoms with Gasteiger partial charge in [0.05, 0.1) is 5.02 Å². The number of anilines is 1. The van der Waals surface area contributed by atoms with E-state index >= 15 is 0 Å². The molecule has 1 aliphatic rings. The van der Waals surface area contributed by atoms with Gasteiger partial charge in [0.25, 0.3) is 11.8 Å². The van der Waals surface area contributed by atoms with Gasteiger partial charge >= 0.3 is 0 Å². The molecule has 5 nitrogen and oxygen atoms in total. The van der Waals surface area contributed by atoms with E-state index in [0.717, 1.165) is 32.4 Å². The number of carbonyl (C=O) groups excluding carboxylic acids is 2. The van der Waals surface area contributed by atoms with Gasteiger partial charge in [-0.25, -0.2) is 4.39 Å². The van der Waals surface area contributed by atoms with E-state index in [1.54, 1.807) is 11.0 Å². The van der Waals surface area contributed by atoms with E-state index < -0.39 is 11.7 Å². The minimum Gasteiger partial charge on any atom is -0.339 e. The summed E-state index contributed by atoms with van der Waals surface area (Å²) in [6.07, 6.45) is 4.56. The van der Waals surface area contributed by atoms with Crippen LogP contribution >= 0.6 is 11.6 Å². The Morgan fingerprint density at radius 1 is 1.12 bits per heavy atom. The van der Waals surface area contributed by atoms with Crippen LogP contribution in [-0.4, -0.2) is 34.8 Å². The Bertz CT molecular complexity index is 807. The van der Waals surface area contributed by atoms with Crippen LogP contribution in [0.5, 0.6) is 0 Å². The van der Waals surface area contributed by atoms with Crippen LogP contribution in [0.3, 0.4) is 0 Å². The van der Waals surface area contributed by atoms with E-state index in [0.29, 0.717) is 11.3 Å². The predicted octanol–water partition coefficient (Wildman–Crippen LogP) is 3.75. The van der Waals surface area contributed by atoms with Crippen LogP contribution in [0.25, 0.3) is 0 Å². The molecule has 1 N–H and O–H groups in total. The van der Waals surface area contributed by atoms with Crippen LogP contribution in [0.15, 0.2) is 36.5 Å². The first-order chi connectivity index (χ1) is 12.0. The van der Waals surface area contributed by atoms with Crippen LogP contribution in [0.1, 0.15) is 40.1 Å². The van der Waals surface area contributed by atoms with Crippen molar-refractivity contribution in [3.63, 3.8) is 0 Å². The molecule has 0 atom stereocenters. The Morgan fingerprint density at radius 3 is 2.60 bits per heavy atom. The Morgan fingerprint density at radius 2 is 1.88 bits per heavy atom. The number of aromatic nitrogens is 1. The van der Waals surface area contributed by atoms with Crippen molar-refractivity contribution in [3.8, 4) is 0 Å². The maximum absolute atomic E-state index is 13.2. The molecule has 1 aliphatic heterocycles. The molecule has 3 rings (SSSR count). The number of benzene rings is 1. The molecule has 0 spiro atoms. The lowest BCUT2D eigenvalue weighted by Gasteiger charge is -2.26. The van der Waals surface area contributed by atoms with Crippen LogP contribution in [0, 0.1) is 5.82 Å². The maximum Gasteiger partial charge on any atom is 0.274 e. The molecule has 0 radical (unpaired) electrons. The van der Waals surface area contributed by atoms with Crippen molar-refractivity contribution in [2.45, 2.75) is 19.3 Å². The second kappa shape index (κ2) is 7.61. The van der Waals surface area contributed by atoms with Gasteiger partial charge in [-0.2, -0.15) is 0 Å². The highest BCUT2D eigenvalue weighted by molar-refractivity contribution is 6.31. The number of amides is 2. The molecule has 7 heteroatoms. The van der Waals surface area contributed by atoms with Crippen molar-refractivity contribution in [2.24, 2.45) is 0 Å². The fourth-order valence-electron chi connectivity index (χ4n) is 2.74. The molecule has 0 saturated carbocycles. The van der Waals surface area contributed by atoms with Crippen molar-refractivity contribution >= 4 is 29.1 Å². The second-order valence-corrected chi connectivity index (χ2v) is 6.27. The van der Waals surface area contributed by atoms with Gasteiger partial charge in [-0.3, -0.25) is 14.6 Å². The third-order valence-electron chi connectivity index (χ3n) is 4.06. The molecular weight excluding hydrogens is 345 g/mol. The number of likely N-dealkylation sites (tertiary alicyclic amines) is 1. The van der Waals surface area contributed by atoms with E-state index in [-0.39, 0.29) is 16.6 Å². The topological polar surface area (TPSA) is 62.3 Å². The molecule has 2 aromatic rings. The van der Waals surface area contributed by atoms with Crippen molar-refractivity contribution < 1.29 is 14.0 Å². The highest BCUT2D eigenvalue weighted by Crippen LogP contribution is 2.20. The van der Waals surface area contributed by atoms with Gasteiger partial charge in [0.2, 0.25) is 0 Å². The lowest BCUT2D eigenvalue weighted by molar-refractivity contribution is 0.0724. The first-order valence-corrected chi connectivity index (χ1v) is 8.44. The van der Waals surface area contributed by atoms with Crippen LogP contribution in [-0.2, 0) is 0 Å². The molecule has 25 heavy (non-hydrogen) atoms. The molecule has 1 aromatic carbocycles. The fourth-order valence-corrected chi connectivity index (χ4v) is 2.92. The summed E-state index contributed by atoms with van der Waals surface area (Å²) in [7, 11) is 0. The molecule has 1 fully saturated rings. The molecular formula is C18H17ClFN3O2. The van der Waals surface area contributed by atoms with Crippen molar-refractivity contribution in [2.75, 3.05) is 18.4 Å². The summed E-state index contributed by atoms with van der Waals surface area (Å²) in [4.78, 5) is 30.7. The van der Waals surface area contributed by atoms with Gasteiger partial charge < -0.3 is 10.2 Å². The first kappa shape index (κ1) is 17.4. The van der Waals surface area contributed by atoms with E-state index in [4.69, 9.17) is 11.6 Å². The lowest BCUT2D eigenvalue weighted by Crippen LogP contribution is -2.35. The van der Waals surface area contributed by atoms with Gasteiger partial charge in [0.15, 0.2) is 0 Å². The molecule has 130 valence electrons. The number of nitrogens with one attached hydrogen (secondary N) is 1. The molecule has 0 aliphatic carbocycles. The van der Waals surface area contributed by atoms with Crippen LogP contribution in [0.4, 0.5) is 10.1 Å². The normalized spacial score (nSPS) is 14.2. The summed E-state index contributed by atoms with van der Waals surface area (Å²) < 4.78 is 13.2. The summed E-state index contributed by atoms with van der Waals surface area (Å²) in [6, 6.07) is 6.96. The Balaban J connectivity index is 1.74. The third kappa shape index (κ3) is 4.14. The summed E-state index contributed by atoms with van der Waals surface area (Å²) in [5, 5.41) is 2.51. The molecule has 2 amide bonds. The average molecular weight is 362 g/mol. The number of hydrogen-bond acceptors (Lipinski definition) is 3. The lowest BCUT2D eigenvalue weighted by atomic mass is 10.1. The van der Waals surface area contributed by atoms with Crippen LogP contribution in [0.2, 0.25) is 5.02 Å². The van der Waals surface area contributed by atoms with E-state index in [9.17, 15) is 14.0 Å². The minimum absolute atomic E-state index is 0.0835. The Kier molecular flexibility index (Phi) is 5.28. The Hall–Kier alpha value is -2.47. The summed E-state index contributed by atoms with van der Waals surface area (Å²) >= 11 is 5.70. The summed E-state index contributed by atoms with van der Waals surface area (Å²) in [5.41, 5.74) is 0.897. The second-order valence-electron chi connectivity index (χ2n) is 5.87. The SMILES string of the molecule is O=C(Nc1ccc(F)c(Cl)c1)c1cc(C(=O)N2CCCCC2)ccn1. The highest BCUT2D eigenvalue weighted by Gasteiger charge is 2.19. The van der Waals surface area contributed by atoms with Crippen LogP contribution < -0.4 is 5.32 Å². The van der Waals surface area contributed by atoms with Gasteiger partial charge in [-0.1, -0.05) is 11.6 Å². The molecule has 0 unspecified atom stereocenters. The first-order valence-electron chi connectivity index (χ1n) is 8.06. The smallest absolute Gasteiger partial charge is 0.274 e. The van der Waals surface area contributed by atoms with Gasteiger partial charge in [0, 0.05) is 30.5 Å². The molecule has 2 heterocycles. The standard InChI is InChI=1S/C18H17ClFN3O2/c19-14-11-13(4-5-15(14)20)22-17(24)16-10-12(6-7-21-16)18(25)23-8-2-1-3-9-23/h4-7,10-11H,1-3,8-9H2,(H,22,24). The van der Waals surface area contributed by atoms with Crippen molar-refractivity contribution in [1.82, 2.24) is 9.88 Å². The Labute approximate surface area is 149 Å². The average Bonchev–Trinajstić information content (AvgIpc) is 2.65. The highest BCUT2D eigenvalue weighted by atomic mass is 35.5. The van der Waals surface area contributed by atoms with Gasteiger partial charge in [-0.05, 0) is 49.6 Å². The largest absolute Gasteiger partial charge is 0.339 e. The summed E-state index contributed by atoms with van der Waals surface area (Å²) in [5.74, 6) is -1.15. The number of pyridine rings is 1. The zero-order chi connectivity index (χ0) is 17.8. The monoisotopic (exact) mass is 361 g/mol. The number of rotatable bonds is 3. The number of carbonyl (C=O) groups is 2. The summed E-state index contributed by atoms with van der Waals surface area (Å²) in [6.45, 7) is 1.47. The van der Waals surface area contributed by atoms with Gasteiger partial charge in [-0.15, -0.1) is 0 Å². The zero-order valence-electron chi connectivity index (χ0n) is 13.5. The van der Waals surface area contributed by atoms with Gasteiger partial charge in [0.1, 0.15) is 11.5 Å². The number of piperidine rings is 1. The minimum atomic E-state index is -0.563. The fraction of sp³-hybridized carbons (Fsp3) is 0.278. The number of halogens is 2. The van der Waals surface area contributed by atoms with E-state index in [1.165, 1.54) is 30.5 Å². The zero-order valence-corrected chi connectivity index (χ0v) is 14.2. The predicted molar refractivity (Wildman–Crippen MR) is 93.4 cm³/mol. The number of nitrogens with zero attached hydrogens (tertiary/aromatic N) is 2. The quantitative estimate of drug-likeness (QED) is 0.905. The molecule has 1 saturated heterocycles. The van der Waals surface area contributed by atoms with Crippen molar-refractivity contribution in [1.29, 1.82) is 0 Å². The van der Waals surface area contributed by atoms with E-state index in [2.05, 4.69) is 10.3 Å². The number of hydrogen-bond donors (Lipinski definition) is 1. The van der Waals surface area contributed by atoms with Crippen molar-refractivity contribution in [3.05, 3.63) is 58.6 Å². The third-order valence-corrected chi connectivity index (χ3v) is 4.35. The molecule has 0 bridgehead atoms. The van der Waals surface area contributed by atoms with E-state index in [1.807, 2.05) is 0 Å².